The van der Waals surface area contributed by atoms with Crippen LogP contribution in [-0.2, 0) is 11.1 Å². The SMILES string of the molecule is Nc1c(C=NC2CC2)cc(C(=O)NC[C@](O)(c2cc3c(c(-c4ccc(F)cc4)n2)OC[C@@]3(N)CF)C(F)(F)F)cc1OC1CC1. The molecule has 2 heterocycles. The summed E-state index contributed by atoms with van der Waals surface area (Å²) in [5, 5.41) is 13.4. The largest absolute Gasteiger partial charge is 0.489 e. The second-order valence-corrected chi connectivity index (χ2v) is 11.7. The molecule has 2 atom stereocenters. The molecule has 2 aliphatic carbocycles. The molecule has 9 nitrogen and oxygen atoms in total. The summed E-state index contributed by atoms with van der Waals surface area (Å²) in [6.45, 7) is -2.97. The Hall–Kier alpha value is -4.30. The standard InChI is InChI=1S/C31H30F5N5O4/c32-13-29(38)15-44-27-22(29)11-24(41-26(27)16-1-3-19(33)4-2-16)30(43,31(34,35)36)14-40-28(42)17-9-18(12-39-20-5-6-20)25(37)23(10-17)45-21-7-8-21/h1-4,9-12,20-21,43H,5-8,13-15,37-38H2,(H,40,42)/t29-,30-/m0/s1. The third-order valence-corrected chi connectivity index (χ3v) is 7.96. The van der Waals surface area contributed by atoms with Crippen molar-refractivity contribution < 1.29 is 41.3 Å². The minimum absolute atomic E-state index is 0.0673. The number of halogens is 5. The van der Waals surface area contributed by atoms with Gasteiger partial charge in [-0.05, 0) is 68.1 Å². The lowest BCUT2D eigenvalue weighted by Crippen LogP contribution is -2.52. The normalized spacial score (nSPS) is 20.9. The molecule has 2 aromatic carbocycles. The third-order valence-electron chi connectivity index (χ3n) is 7.96. The minimum atomic E-state index is -5.38. The first-order valence-corrected chi connectivity index (χ1v) is 14.3. The Morgan fingerprint density at radius 2 is 1.89 bits per heavy atom. The van der Waals surface area contributed by atoms with Gasteiger partial charge in [-0.2, -0.15) is 13.2 Å². The molecule has 3 aromatic rings. The number of nitrogens with zero attached hydrogens (tertiary/aromatic N) is 2. The van der Waals surface area contributed by atoms with Crippen molar-refractivity contribution >= 4 is 17.8 Å². The number of carbonyl (C=O) groups excluding carboxylic acids is 1. The van der Waals surface area contributed by atoms with E-state index < -0.39 is 54.6 Å². The fraction of sp³-hybridized carbons (Fsp3) is 0.387. The number of benzene rings is 2. The maximum absolute atomic E-state index is 14.7. The number of amides is 1. The number of aliphatic imine (C=N–C) groups is 1. The Kier molecular flexibility index (Phi) is 7.68. The van der Waals surface area contributed by atoms with Crippen LogP contribution >= 0.6 is 0 Å². The van der Waals surface area contributed by atoms with Gasteiger partial charge in [-0.3, -0.25) is 9.79 Å². The number of carbonyl (C=O) groups is 1. The number of anilines is 1. The Labute approximate surface area is 254 Å². The van der Waals surface area contributed by atoms with Gasteiger partial charge >= 0.3 is 6.18 Å². The van der Waals surface area contributed by atoms with Gasteiger partial charge in [0, 0.05) is 28.5 Å². The van der Waals surface area contributed by atoms with Gasteiger partial charge in [0.05, 0.1) is 30.1 Å². The number of nitrogens with one attached hydrogen (secondary N) is 1. The second-order valence-electron chi connectivity index (χ2n) is 11.7. The van der Waals surface area contributed by atoms with Gasteiger partial charge < -0.3 is 31.4 Å². The zero-order valence-corrected chi connectivity index (χ0v) is 23.8. The van der Waals surface area contributed by atoms with Crippen LogP contribution in [-0.4, -0.2) is 60.4 Å². The van der Waals surface area contributed by atoms with Crippen LogP contribution in [0.4, 0.5) is 27.6 Å². The number of hydrogen-bond acceptors (Lipinski definition) is 8. The van der Waals surface area contributed by atoms with Crippen LogP contribution in [0.15, 0.2) is 47.5 Å². The molecule has 3 aliphatic rings. The molecule has 0 radical (unpaired) electrons. The molecule has 1 aromatic heterocycles. The van der Waals surface area contributed by atoms with E-state index in [1.807, 2.05) is 0 Å². The summed E-state index contributed by atoms with van der Waals surface area (Å²) in [7, 11) is 0. The van der Waals surface area contributed by atoms with Crippen LogP contribution in [0.2, 0.25) is 0 Å². The first kappa shape index (κ1) is 30.7. The quantitative estimate of drug-likeness (QED) is 0.148. The summed E-state index contributed by atoms with van der Waals surface area (Å²) in [5.74, 6) is -1.47. The predicted molar refractivity (Wildman–Crippen MR) is 154 cm³/mol. The second kappa shape index (κ2) is 11.2. The zero-order chi connectivity index (χ0) is 32.1. The van der Waals surface area contributed by atoms with Crippen molar-refractivity contribution in [2.24, 2.45) is 10.7 Å². The zero-order valence-electron chi connectivity index (χ0n) is 23.8. The summed E-state index contributed by atoms with van der Waals surface area (Å²) >= 11 is 0. The van der Waals surface area contributed by atoms with E-state index >= 15 is 0 Å². The van der Waals surface area contributed by atoms with Gasteiger partial charge in [-0.1, -0.05) is 0 Å². The molecule has 1 aliphatic heterocycles. The molecule has 2 fully saturated rings. The van der Waals surface area contributed by atoms with Gasteiger partial charge in [0.1, 0.15) is 36.1 Å². The van der Waals surface area contributed by atoms with Gasteiger partial charge in [0.25, 0.3) is 5.91 Å². The lowest BCUT2D eigenvalue weighted by atomic mass is 9.89. The Morgan fingerprint density at radius 1 is 1.18 bits per heavy atom. The van der Waals surface area contributed by atoms with Crippen molar-refractivity contribution in [2.45, 2.75) is 55.1 Å². The Morgan fingerprint density at radius 3 is 2.51 bits per heavy atom. The molecule has 1 amide bonds. The van der Waals surface area contributed by atoms with Crippen molar-refractivity contribution in [1.82, 2.24) is 10.3 Å². The lowest BCUT2D eigenvalue weighted by molar-refractivity contribution is -0.265. The highest BCUT2D eigenvalue weighted by Gasteiger charge is 2.57. The molecular formula is C31H30F5N5O4. The van der Waals surface area contributed by atoms with E-state index in [0.717, 1.165) is 43.9 Å². The van der Waals surface area contributed by atoms with Crippen LogP contribution in [0.3, 0.4) is 0 Å². The van der Waals surface area contributed by atoms with E-state index in [1.54, 1.807) is 0 Å². The van der Waals surface area contributed by atoms with Crippen molar-refractivity contribution in [2.75, 3.05) is 25.6 Å². The van der Waals surface area contributed by atoms with Gasteiger partial charge in [-0.15, -0.1) is 0 Å². The summed E-state index contributed by atoms with van der Waals surface area (Å²) in [6, 6.07) is 8.29. The Balaban J connectivity index is 1.36. The predicted octanol–water partition coefficient (Wildman–Crippen LogP) is 4.29. The minimum Gasteiger partial charge on any atom is -0.489 e. The third kappa shape index (κ3) is 6.03. The fourth-order valence-corrected chi connectivity index (χ4v) is 4.86. The smallest absolute Gasteiger partial charge is 0.424 e. The maximum atomic E-state index is 14.7. The first-order chi connectivity index (χ1) is 21.3. The number of hydrogen-bond donors (Lipinski definition) is 4. The highest BCUT2D eigenvalue weighted by molar-refractivity contribution is 5.99. The number of pyridine rings is 1. The number of fused-ring (bicyclic) bond motifs is 1. The highest BCUT2D eigenvalue weighted by Crippen LogP contribution is 2.46. The van der Waals surface area contributed by atoms with E-state index in [4.69, 9.17) is 20.9 Å². The average Bonchev–Trinajstić information content (AvgIpc) is 3.95. The number of alkyl halides is 4. The summed E-state index contributed by atoms with van der Waals surface area (Å²) in [4.78, 5) is 21.7. The van der Waals surface area contributed by atoms with E-state index in [2.05, 4.69) is 15.3 Å². The van der Waals surface area contributed by atoms with Crippen LogP contribution in [0, 0.1) is 5.82 Å². The Bertz CT molecular complexity index is 1660. The maximum Gasteiger partial charge on any atom is 0.424 e. The highest BCUT2D eigenvalue weighted by atomic mass is 19.4. The number of rotatable bonds is 10. The van der Waals surface area contributed by atoms with E-state index in [9.17, 15) is 31.9 Å². The molecule has 0 spiro atoms. The molecule has 2 saturated carbocycles. The van der Waals surface area contributed by atoms with Crippen molar-refractivity contribution in [3.05, 3.63) is 70.7 Å². The molecule has 6 N–H and O–H groups in total. The summed E-state index contributed by atoms with van der Waals surface area (Å²) in [6.07, 6.45) is -0.528. The molecular weight excluding hydrogens is 601 g/mol. The topological polar surface area (TPSA) is 145 Å². The first-order valence-electron chi connectivity index (χ1n) is 14.3. The van der Waals surface area contributed by atoms with Gasteiger partial charge in [0.2, 0.25) is 5.60 Å². The van der Waals surface area contributed by atoms with Crippen LogP contribution < -0.4 is 26.3 Å². The van der Waals surface area contributed by atoms with Gasteiger partial charge in [-0.25, -0.2) is 13.8 Å². The van der Waals surface area contributed by atoms with Crippen molar-refractivity contribution in [1.29, 1.82) is 0 Å². The van der Waals surface area contributed by atoms with Crippen molar-refractivity contribution in [3.8, 4) is 22.8 Å². The average molecular weight is 632 g/mol. The molecule has 14 heteroatoms. The molecule has 6 rings (SSSR count). The molecule has 45 heavy (non-hydrogen) atoms. The number of ether oxygens (including phenoxy) is 2. The number of nitrogens with two attached hydrogens (primary N) is 2. The number of nitrogen functional groups attached to an aromatic ring is 1. The molecule has 0 bridgehead atoms. The summed E-state index contributed by atoms with van der Waals surface area (Å²) < 4.78 is 83.2. The van der Waals surface area contributed by atoms with E-state index in [0.29, 0.717) is 5.56 Å². The molecule has 0 saturated heterocycles. The molecule has 0 unspecified atom stereocenters. The lowest BCUT2D eigenvalue weighted by Gasteiger charge is -2.31. The number of aliphatic hydroxyl groups is 1. The number of aromatic nitrogens is 1. The molecule has 238 valence electrons. The van der Waals surface area contributed by atoms with Crippen LogP contribution in [0.1, 0.15) is 52.9 Å². The van der Waals surface area contributed by atoms with E-state index in [1.165, 1.54) is 30.5 Å². The van der Waals surface area contributed by atoms with Crippen LogP contribution in [0.25, 0.3) is 11.3 Å². The van der Waals surface area contributed by atoms with E-state index in [-0.39, 0.29) is 51.7 Å². The monoisotopic (exact) mass is 631 g/mol. The van der Waals surface area contributed by atoms with Gasteiger partial charge in [0.15, 0.2) is 5.75 Å². The summed E-state index contributed by atoms with van der Waals surface area (Å²) in [5.41, 5.74) is 6.12. The fourth-order valence-electron chi connectivity index (χ4n) is 4.86. The van der Waals surface area contributed by atoms with Crippen molar-refractivity contribution in [3.63, 3.8) is 0 Å². The van der Waals surface area contributed by atoms with Crippen LogP contribution in [0.5, 0.6) is 11.5 Å².